The summed E-state index contributed by atoms with van der Waals surface area (Å²) in [5, 5.41) is 4.55. The zero-order valence-electron chi connectivity index (χ0n) is 20.0. The van der Waals surface area contributed by atoms with Crippen LogP contribution in [0, 0.1) is 5.41 Å². The van der Waals surface area contributed by atoms with Crippen molar-refractivity contribution in [2.45, 2.75) is 38.1 Å². The lowest BCUT2D eigenvalue weighted by Gasteiger charge is -2.39. The van der Waals surface area contributed by atoms with Gasteiger partial charge >= 0.3 is 0 Å². The molecule has 2 aromatic carbocycles. The molecule has 0 bridgehead atoms. The van der Waals surface area contributed by atoms with Crippen molar-refractivity contribution in [1.29, 1.82) is 0 Å². The number of thiocarbonyl (C=S) groups is 1. The molecule has 35 heavy (non-hydrogen) atoms. The molecule has 2 saturated heterocycles. The van der Waals surface area contributed by atoms with Gasteiger partial charge in [0.2, 0.25) is 0 Å². The molecule has 5 nitrogen and oxygen atoms in total. The van der Waals surface area contributed by atoms with Gasteiger partial charge in [-0.25, -0.2) is 0 Å². The van der Waals surface area contributed by atoms with Crippen molar-refractivity contribution in [1.82, 2.24) is 19.7 Å². The minimum absolute atomic E-state index is 0.136. The van der Waals surface area contributed by atoms with E-state index in [-0.39, 0.29) is 11.3 Å². The molecule has 2 fully saturated rings. The van der Waals surface area contributed by atoms with Crippen molar-refractivity contribution in [3.05, 3.63) is 89.7 Å². The Labute approximate surface area is 212 Å². The Hall–Kier alpha value is -3.12. The summed E-state index contributed by atoms with van der Waals surface area (Å²) in [6.45, 7) is 3.63. The van der Waals surface area contributed by atoms with Crippen LogP contribution < -0.4 is 5.32 Å². The molecular weight excluding hydrogens is 452 g/mol. The normalized spacial score (nSPS) is 19.2. The molecule has 180 valence electrons. The molecule has 6 heteroatoms. The Morgan fingerprint density at radius 2 is 1.43 bits per heavy atom. The summed E-state index contributed by atoms with van der Waals surface area (Å²) in [7, 11) is 0. The summed E-state index contributed by atoms with van der Waals surface area (Å²) in [5.74, 6) is 0.136. The first-order chi connectivity index (χ1) is 17.1. The first kappa shape index (κ1) is 22.4. The van der Waals surface area contributed by atoms with Gasteiger partial charge in [-0.05, 0) is 85.1 Å². The Balaban J connectivity index is 1.05. The van der Waals surface area contributed by atoms with Crippen molar-refractivity contribution < 1.29 is 4.79 Å². The van der Waals surface area contributed by atoms with Gasteiger partial charge in [-0.3, -0.25) is 4.79 Å². The molecule has 1 spiro atoms. The van der Waals surface area contributed by atoms with Crippen molar-refractivity contribution in [2.75, 3.05) is 26.2 Å². The van der Waals surface area contributed by atoms with Crippen molar-refractivity contribution in [3.63, 3.8) is 0 Å². The number of rotatable bonds is 3. The number of hydrogen-bond donors (Lipinski definition) is 1. The summed E-state index contributed by atoms with van der Waals surface area (Å²) in [5.41, 5.74) is 4.87. The standard InChI is InChI=1S/C29H32N4OS/c34-27(25-9-3-4-10-26(25)31-14-5-6-15-31)32-16-11-29(12-17-32)13-18-33(21-29)28(35)30-24-19-22-7-1-2-8-23(22)20-24/h1-10,14-15,24H,11-13,16-21H2,(H,30,35). The minimum atomic E-state index is 0.136. The highest BCUT2D eigenvalue weighted by Crippen LogP contribution is 2.41. The van der Waals surface area contributed by atoms with Crippen LogP contribution in [0.1, 0.15) is 40.7 Å². The largest absolute Gasteiger partial charge is 0.359 e. The highest BCUT2D eigenvalue weighted by molar-refractivity contribution is 7.80. The number of likely N-dealkylation sites (tertiary alicyclic amines) is 2. The number of benzene rings is 2. The highest BCUT2D eigenvalue weighted by Gasteiger charge is 2.42. The highest BCUT2D eigenvalue weighted by atomic mass is 32.1. The third-order valence-corrected chi connectivity index (χ3v) is 8.61. The number of amides is 1. The number of fused-ring (bicyclic) bond motifs is 1. The van der Waals surface area contributed by atoms with E-state index in [4.69, 9.17) is 12.2 Å². The lowest BCUT2D eigenvalue weighted by Crippen LogP contribution is -2.47. The van der Waals surface area contributed by atoms with Crippen LogP contribution in [0.15, 0.2) is 73.1 Å². The molecular formula is C29H32N4OS. The molecule has 1 N–H and O–H groups in total. The number of nitrogens with one attached hydrogen (secondary N) is 1. The van der Waals surface area contributed by atoms with Crippen LogP contribution in [0.2, 0.25) is 0 Å². The lowest BCUT2D eigenvalue weighted by molar-refractivity contribution is 0.0598. The minimum Gasteiger partial charge on any atom is -0.359 e. The second-order valence-corrected chi connectivity index (χ2v) is 10.8. The topological polar surface area (TPSA) is 40.5 Å². The van der Waals surface area contributed by atoms with E-state index < -0.39 is 0 Å². The number of aromatic nitrogens is 1. The van der Waals surface area contributed by atoms with E-state index in [0.717, 1.165) is 74.6 Å². The number of carbonyl (C=O) groups excluding carboxylic acids is 1. The summed E-state index contributed by atoms with van der Waals surface area (Å²) >= 11 is 5.84. The summed E-state index contributed by atoms with van der Waals surface area (Å²) in [6, 6.07) is 21.0. The molecule has 1 aromatic heterocycles. The number of carbonyl (C=O) groups is 1. The van der Waals surface area contributed by atoms with Crippen LogP contribution in [0.5, 0.6) is 0 Å². The molecule has 2 aliphatic heterocycles. The molecule has 1 amide bonds. The molecule has 0 unspecified atom stereocenters. The van der Waals surface area contributed by atoms with Crippen LogP contribution in [0.25, 0.3) is 5.69 Å². The fourth-order valence-electron chi connectivity index (χ4n) is 6.17. The Bertz CT molecular complexity index is 1200. The number of para-hydroxylation sites is 1. The number of nitrogens with zero attached hydrogens (tertiary/aromatic N) is 3. The Morgan fingerprint density at radius 1 is 0.829 bits per heavy atom. The van der Waals surface area contributed by atoms with E-state index in [1.165, 1.54) is 11.1 Å². The van der Waals surface area contributed by atoms with Crippen molar-refractivity contribution in [2.24, 2.45) is 5.41 Å². The van der Waals surface area contributed by atoms with Gasteiger partial charge in [0, 0.05) is 44.6 Å². The van der Waals surface area contributed by atoms with Gasteiger partial charge in [0.25, 0.3) is 5.91 Å². The second-order valence-electron chi connectivity index (χ2n) is 10.4. The van der Waals surface area contributed by atoms with Gasteiger partial charge < -0.3 is 19.7 Å². The van der Waals surface area contributed by atoms with Crippen LogP contribution in [-0.2, 0) is 12.8 Å². The van der Waals surface area contributed by atoms with Gasteiger partial charge in [0.15, 0.2) is 5.11 Å². The van der Waals surface area contributed by atoms with Crippen LogP contribution in [0.3, 0.4) is 0 Å². The van der Waals surface area contributed by atoms with E-state index >= 15 is 0 Å². The SMILES string of the molecule is O=C(c1ccccc1-n1cccc1)N1CCC2(CC1)CCN(C(=S)NC1Cc3ccccc3C1)C2. The number of hydrogen-bond acceptors (Lipinski definition) is 2. The van der Waals surface area contributed by atoms with Crippen molar-refractivity contribution in [3.8, 4) is 5.69 Å². The monoisotopic (exact) mass is 484 g/mol. The predicted molar refractivity (Wildman–Crippen MR) is 143 cm³/mol. The molecule has 3 aromatic rings. The van der Waals surface area contributed by atoms with E-state index in [9.17, 15) is 4.79 Å². The predicted octanol–water partition coefficient (Wildman–Crippen LogP) is 4.45. The Kier molecular flexibility index (Phi) is 5.85. The second kappa shape index (κ2) is 9.15. The third-order valence-electron chi connectivity index (χ3n) is 8.23. The maximum absolute atomic E-state index is 13.4. The van der Waals surface area contributed by atoms with E-state index in [0.29, 0.717) is 6.04 Å². The first-order valence-electron chi connectivity index (χ1n) is 12.7. The summed E-state index contributed by atoms with van der Waals surface area (Å²) in [6.07, 6.45) is 9.32. The van der Waals surface area contributed by atoms with Gasteiger partial charge in [0.05, 0.1) is 11.3 Å². The van der Waals surface area contributed by atoms with E-state index in [1.807, 2.05) is 58.3 Å². The fraction of sp³-hybridized carbons (Fsp3) is 0.379. The Morgan fingerprint density at radius 3 is 2.11 bits per heavy atom. The molecule has 0 radical (unpaired) electrons. The quantitative estimate of drug-likeness (QED) is 0.558. The van der Waals surface area contributed by atoms with Gasteiger partial charge in [-0.2, -0.15) is 0 Å². The summed E-state index contributed by atoms with van der Waals surface area (Å²) in [4.78, 5) is 17.9. The van der Waals surface area contributed by atoms with E-state index in [1.54, 1.807) is 0 Å². The average molecular weight is 485 g/mol. The molecule has 1 aliphatic carbocycles. The van der Waals surface area contributed by atoms with Crippen LogP contribution in [0.4, 0.5) is 0 Å². The van der Waals surface area contributed by atoms with Gasteiger partial charge in [-0.1, -0.05) is 36.4 Å². The molecule has 0 saturated carbocycles. The molecule has 3 heterocycles. The number of piperidine rings is 1. The van der Waals surface area contributed by atoms with Gasteiger partial charge in [-0.15, -0.1) is 0 Å². The molecule has 6 rings (SSSR count). The maximum Gasteiger partial charge on any atom is 0.255 e. The fourth-order valence-corrected chi connectivity index (χ4v) is 6.50. The third kappa shape index (κ3) is 4.36. The first-order valence-corrected chi connectivity index (χ1v) is 13.1. The zero-order chi connectivity index (χ0) is 23.8. The smallest absolute Gasteiger partial charge is 0.255 e. The zero-order valence-corrected chi connectivity index (χ0v) is 20.8. The lowest BCUT2D eigenvalue weighted by atomic mass is 9.77. The summed E-state index contributed by atoms with van der Waals surface area (Å²) < 4.78 is 2.02. The van der Waals surface area contributed by atoms with Crippen LogP contribution >= 0.6 is 12.2 Å². The van der Waals surface area contributed by atoms with Gasteiger partial charge in [0.1, 0.15) is 0 Å². The molecule has 3 aliphatic rings. The van der Waals surface area contributed by atoms with E-state index in [2.05, 4.69) is 34.5 Å². The average Bonchev–Trinajstić information content (AvgIpc) is 3.64. The van der Waals surface area contributed by atoms with Crippen LogP contribution in [-0.4, -0.2) is 57.6 Å². The van der Waals surface area contributed by atoms with Crippen molar-refractivity contribution >= 4 is 23.2 Å². The maximum atomic E-state index is 13.4. The molecule has 0 atom stereocenters.